The van der Waals surface area contributed by atoms with Crippen molar-refractivity contribution >= 4 is 17.3 Å². The molecule has 0 bridgehead atoms. The highest BCUT2D eigenvalue weighted by Gasteiger charge is 2.56. The van der Waals surface area contributed by atoms with Crippen molar-refractivity contribution in [2.45, 2.75) is 43.8 Å². The van der Waals surface area contributed by atoms with Crippen LogP contribution in [0.4, 0.5) is 5.82 Å². The van der Waals surface area contributed by atoms with Crippen LogP contribution in [0, 0.1) is 11.3 Å². The lowest BCUT2D eigenvalue weighted by Crippen LogP contribution is -2.47. The lowest BCUT2D eigenvalue weighted by molar-refractivity contribution is -0.146. The highest BCUT2D eigenvalue weighted by atomic mass is 16.6. The Morgan fingerprint density at radius 3 is 3.00 bits per heavy atom. The Morgan fingerprint density at radius 2 is 2.30 bits per heavy atom. The van der Waals surface area contributed by atoms with Crippen LogP contribution in [-0.2, 0) is 19.0 Å². The number of carbonyl (C=O) groups excluding carboxylic acids is 1. The molecule has 5 atom stereocenters. The van der Waals surface area contributed by atoms with E-state index in [2.05, 4.69) is 15.4 Å². The van der Waals surface area contributed by atoms with Crippen molar-refractivity contribution in [1.29, 1.82) is 5.26 Å². The molecule has 12 nitrogen and oxygen atoms in total. The molecule has 5 N–H and O–H groups in total. The van der Waals surface area contributed by atoms with Gasteiger partial charge in [-0.3, -0.25) is 10.1 Å². The second-order valence-corrected chi connectivity index (χ2v) is 6.85. The lowest BCUT2D eigenvalue weighted by Gasteiger charge is -2.24. The molecule has 3 rings (SSSR count). The molecule has 30 heavy (non-hydrogen) atoms. The van der Waals surface area contributed by atoms with E-state index in [-0.39, 0.29) is 25.8 Å². The Morgan fingerprint density at radius 1 is 1.53 bits per heavy atom. The number of hydrogen-bond donors (Lipinski definition) is 4. The highest BCUT2D eigenvalue weighted by Crippen LogP contribution is 2.40. The summed E-state index contributed by atoms with van der Waals surface area (Å²) in [7, 11) is 0. The average molecular weight is 420 g/mol. The molecule has 162 valence electrons. The number of hydrogen-bond acceptors (Lipinski definition) is 11. The van der Waals surface area contributed by atoms with Crippen molar-refractivity contribution in [3.05, 3.63) is 24.2 Å². The van der Waals surface area contributed by atoms with E-state index in [1.54, 1.807) is 26.0 Å². The van der Waals surface area contributed by atoms with Gasteiger partial charge >= 0.3 is 5.97 Å². The standard InChI is InChI=1S/C18H24N6O6/c1-3-29-17(27)10(2)22-9-28-7-18(6-19)15(26)13(25)14(30-18)11-4-5-12-16(20)21-8-23-24(11)12/h4-5,8,10,13-15,22,25-26H,3,7,9H2,1-2H3,(H2,20,21,23)/t10-,13-,14-,15-,18+/m0/s1. The molecule has 0 radical (unpaired) electrons. The van der Waals surface area contributed by atoms with Crippen molar-refractivity contribution in [1.82, 2.24) is 19.9 Å². The number of fused-ring (bicyclic) bond motifs is 1. The number of aromatic nitrogens is 3. The van der Waals surface area contributed by atoms with E-state index in [1.165, 1.54) is 10.8 Å². The van der Waals surface area contributed by atoms with E-state index in [0.29, 0.717) is 11.2 Å². The van der Waals surface area contributed by atoms with Gasteiger partial charge in [0.1, 0.15) is 42.3 Å². The molecule has 0 aliphatic carbocycles. The van der Waals surface area contributed by atoms with Crippen molar-refractivity contribution in [3.8, 4) is 6.07 Å². The number of aliphatic hydroxyl groups excluding tert-OH is 2. The summed E-state index contributed by atoms with van der Waals surface area (Å²) in [6.07, 6.45) is -2.75. The molecule has 3 heterocycles. The van der Waals surface area contributed by atoms with E-state index in [4.69, 9.17) is 19.9 Å². The predicted molar refractivity (Wildman–Crippen MR) is 102 cm³/mol. The van der Waals surface area contributed by atoms with Gasteiger partial charge in [-0.05, 0) is 26.0 Å². The quantitative estimate of drug-likeness (QED) is 0.231. The van der Waals surface area contributed by atoms with E-state index in [1.807, 2.05) is 6.07 Å². The molecule has 0 aromatic carbocycles. The fourth-order valence-corrected chi connectivity index (χ4v) is 3.21. The molecule has 1 aliphatic rings. The fraction of sp³-hybridized carbons (Fsp3) is 0.556. The van der Waals surface area contributed by atoms with Crippen LogP contribution in [0.25, 0.3) is 5.52 Å². The van der Waals surface area contributed by atoms with Crippen LogP contribution in [0.15, 0.2) is 18.5 Å². The maximum atomic E-state index is 11.6. The van der Waals surface area contributed by atoms with Crippen molar-refractivity contribution in [2.24, 2.45) is 0 Å². The first kappa shape index (κ1) is 21.9. The number of ether oxygens (including phenoxy) is 3. The van der Waals surface area contributed by atoms with Gasteiger partial charge < -0.3 is 30.2 Å². The van der Waals surface area contributed by atoms with Gasteiger partial charge in [0, 0.05) is 0 Å². The molecule has 0 amide bonds. The fourth-order valence-electron chi connectivity index (χ4n) is 3.21. The third-order valence-electron chi connectivity index (χ3n) is 4.89. The maximum Gasteiger partial charge on any atom is 0.322 e. The molecule has 1 aliphatic heterocycles. The maximum absolute atomic E-state index is 11.6. The van der Waals surface area contributed by atoms with Crippen LogP contribution in [0.1, 0.15) is 25.6 Å². The average Bonchev–Trinajstić information content (AvgIpc) is 3.27. The van der Waals surface area contributed by atoms with Gasteiger partial charge in [-0.25, -0.2) is 9.50 Å². The van der Waals surface area contributed by atoms with Crippen LogP contribution in [0.2, 0.25) is 0 Å². The van der Waals surface area contributed by atoms with Gasteiger partial charge in [0.15, 0.2) is 5.82 Å². The van der Waals surface area contributed by atoms with E-state index < -0.39 is 35.9 Å². The number of nitrogens with zero attached hydrogens (tertiary/aromatic N) is 4. The molecular formula is C18H24N6O6. The number of nitrogen functional groups attached to an aromatic ring is 1. The van der Waals surface area contributed by atoms with Crippen molar-refractivity contribution in [3.63, 3.8) is 0 Å². The van der Waals surface area contributed by atoms with Crippen molar-refractivity contribution < 1.29 is 29.2 Å². The second kappa shape index (κ2) is 8.90. The first-order chi connectivity index (χ1) is 14.3. The molecular weight excluding hydrogens is 396 g/mol. The summed E-state index contributed by atoms with van der Waals surface area (Å²) in [5, 5.41) is 37.6. The second-order valence-electron chi connectivity index (χ2n) is 6.85. The Bertz CT molecular complexity index is 945. The van der Waals surface area contributed by atoms with Gasteiger partial charge in [-0.1, -0.05) is 0 Å². The first-order valence-corrected chi connectivity index (χ1v) is 9.35. The summed E-state index contributed by atoms with van der Waals surface area (Å²) in [6.45, 7) is 3.12. The van der Waals surface area contributed by atoms with E-state index in [0.717, 1.165) is 0 Å². The molecule has 2 aromatic heterocycles. The highest BCUT2D eigenvalue weighted by molar-refractivity contribution is 5.75. The van der Waals surface area contributed by atoms with Crippen LogP contribution in [-0.4, -0.2) is 74.6 Å². The summed E-state index contributed by atoms with van der Waals surface area (Å²) in [4.78, 5) is 15.5. The third-order valence-corrected chi connectivity index (χ3v) is 4.89. The summed E-state index contributed by atoms with van der Waals surface area (Å²) in [6, 6.07) is 4.55. The summed E-state index contributed by atoms with van der Waals surface area (Å²) >= 11 is 0. The normalized spacial score (nSPS) is 27.1. The third kappa shape index (κ3) is 3.93. The Balaban J connectivity index is 1.69. The smallest absolute Gasteiger partial charge is 0.322 e. The Kier molecular flexibility index (Phi) is 6.49. The lowest BCUT2D eigenvalue weighted by atomic mass is 9.96. The van der Waals surface area contributed by atoms with Crippen molar-refractivity contribution in [2.75, 3.05) is 25.7 Å². The molecule has 0 spiro atoms. The number of nitrogens with two attached hydrogens (primary N) is 1. The zero-order valence-electron chi connectivity index (χ0n) is 16.6. The minimum atomic E-state index is -1.82. The molecule has 12 heteroatoms. The topological polar surface area (TPSA) is 177 Å². The minimum absolute atomic E-state index is 0.0991. The number of nitriles is 1. The number of esters is 1. The summed E-state index contributed by atoms with van der Waals surface area (Å²) in [5.74, 6) is -0.203. The molecule has 1 fully saturated rings. The Labute approximate surface area is 172 Å². The summed E-state index contributed by atoms with van der Waals surface area (Å²) < 4.78 is 17.5. The van der Waals surface area contributed by atoms with Crippen LogP contribution < -0.4 is 11.1 Å². The number of carbonyl (C=O) groups is 1. The monoisotopic (exact) mass is 420 g/mol. The molecule has 1 saturated heterocycles. The van der Waals surface area contributed by atoms with E-state index >= 15 is 0 Å². The molecule has 0 saturated carbocycles. The number of aliphatic hydroxyl groups is 2. The van der Waals surface area contributed by atoms with Gasteiger partial charge in [0.25, 0.3) is 0 Å². The molecule has 2 aromatic rings. The van der Waals surface area contributed by atoms with Gasteiger partial charge in [0.2, 0.25) is 5.60 Å². The van der Waals surface area contributed by atoms with Gasteiger partial charge in [-0.2, -0.15) is 10.4 Å². The van der Waals surface area contributed by atoms with Gasteiger partial charge in [-0.15, -0.1) is 0 Å². The van der Waals surface area contributed by atoms with Crippen LogP contribution >= 0.6 is 0 Å². The number of anilines is 1. The zero-order chi connectivity index (χ0) is 21.9. The zero-order valence-corrected chi connectivity index (χ0v) is 16.6. The largest absolute Gasteiger partial charge is 0.465 e. The first-order valence-electron chi connectivity index (χ1n) is 9.35. The summed E-state index contributed by atoms with van der Waals surface area (Å²) in [5.41, 5.74) is 4.90. The van der Waals surface area contributed by atoms with Crippen LogP contribution in [0.5, 0.6) is 0 Å². The Hall–Kier alpha value is -2.82. The molecule has 0 unspecified atom stereocenters. The minimum Gasteiger partial charge on any atom is -0.465 e. The SMILES string of the molecule is CCOC(=O)[C@H](C)NCOC[C@@]1(C#N)O[C@@H](c2ccc3c(N)ncnn23)[C@H](O)[C@@H]1O. The number of nitrogens with one attached hydrogen (secondary N) is 1. The van der Waals surface area contributed by atoms with Crippen LogP contribution in [0.3, 0.4) is 0 Å². The van der Waals surface area contributed by atoms with E-state index in [9.17, 15) is 20.3 Å². The predicted octanol–water partition coefficient (Wildman–Crippen LogP) is -1.12. The van der Waals surface area contributed by atoms with Gasteiger partial charge in [0.05, 0.1) is 25.6 Å². The number of rotatable bonds is 8.